The average Bonchev–Trinajstić information content (AvgIpc) is 4.01. The van der Waals surface area contributed by atoms with Crippen molar-refractivity contribution in [3.05, 3.63) is 102 Å². The first kappa shape index (κ1) is 43.9. The number of carbonyl (C=O) groups is 2. The molecule has 2 unspecified atom stereocenters. The van der Waals surface area contributed by atoms with Gasteiger partial charge in [0.15, 0.2) is 5.69 Å². The Hall–Kier alpha value is -5.16. The lowest BCUT2D eigenvalue weighted by Crippen LogP contribution is -2.55. The first-order chi connectivity index (χ1) is 29.8. The number of pyridine rings is 1. The summed E-state index contributed by atoms with van der Waals surface area (Å²) in [5, 5.41) is 14.7. The van der Waals surface area contributed by atoms with Crippen molar-refractivity contribution in [1.82, 2.24) is 25.1 Å². The van der Waals surface area contributed by atoms with Crippen molar-refractivity contribution in [2.24, 2.45) is 17.6 Å². The Morgan fingerprint density at radius 3 is 2.52 bits per heavy atom. The molecule has 0 bridgehead atoms. The van der Waals surface area contributed by atoms with Gasteiger partial charge in [0.25, 0.3) is 5.91 Å². The molecule has 3 aromatic carbocycles. The van der Waals surface area contributed by atoms with Crippen LogP contribution in [-0.2, 0) is 22.5 Å². The molecule has 9 rings (SSSR count). The number of aromatic nitrogens is 2. The van der Waals surface area contributed by atoms with Crippen LogP contribution in [0.1, 0.15) is 40.7 Å². The molecule has 4 aliphatic heterocycles. The van der Waals surface area contributed by atoms with Gasteiger partial charge in [-0.1, -0.05) is 24.3 Å². The number of H-pyrrole nitrogens is 1. The third kappa shape index (κ3) is 11.2. The van der Waals surface area contributed by atoms with Crippen molar-refractivity contribution in [3.8, 4) is 11.5 Å². The summed E-state index contributed by atoms with van der Waals surface area (Å²) >= 11 is 4.29. The van der Waals surface area contributed by atoms with Crippen LogP contribution in [0.3, 0.4) is 0 Å². The molecule has 0 saturated carbocycles. The summed E-state index contributed by atoms with van der Waals surface area (Å²) in [6, 6.07) is 24.1. The molecule has 3 fully saturated rings. The largest absolute Gasteiger partial charge is 0.455 e. The van der Waals surface area contributed by atoms with E-state index in [1.807, 2.05) is 48.7 Å². The number of fused-ring (bicyclic) bond motifs is 2. The van der Waals surface area contributed by atoms with Crippen LogP contribution in [0.2, 0.25) is 0 Å². The minimum absolute atomic E-state index is 0.0742. The maximum atomic E-state index is 13.6. The zero-order valence-electron chi connectivity index (χ0n) is 35.0. The molecule has 2 aromatic heterocycles. The molecule has 324 valence electrons. The number of carbonyl (C=O) groups excluding carboxylic acids is 2. The number of nitrogens with zero attached hydrogens (tertiary/aromatic N) is 4. The summed E-state index contributed by atoms with van der Waals surface area (Å²) < 4.78 is 11.5. The third-order valence-electron chi connectivity index (χ3n) is 12.1. The Morgan fingerprint density at radius 2 is 1.79 bits per heavy atom. The Balaban J connectivity index is 0.000000261. The highest BCUT2D eigenvalue weighted by Crippen LogP contribution is 2.32. The van der Waals surface area contributed by atoms with Gasteiger partial charge in [0.05, 0.1) is 23.4 Å². The number of nitrogens with one attached hydrogen (secondary N) is 3. The fourth-order valence-corrected chi connectivity index (χ4v) is 8.88. The van der Waals surface area contributed by atoms with Gasteiger partial charge in [-0.15, -0.1) is 12.6 Å². The van der Waals surface area contributed by atoms with Gasteiger partial charge in [-0.3, -0.25) is 14.5 Å². The van der Waals surface area contributed by atoms with Gasteiger partial charge in [0.2, 0.25) is 5.91 Å². The molecule has 4 aliphatic rings. The monoisotopic (exact) mass is 850 g/mol. The molecule has 2 atom stereocenters. The van der Waals surface area contributed by atoms with Crippen LogP contribution in [0.25, 0.3) is 11.0 Å². The van der Waals surface area contributed by atoms with Gasteiger partial charge >= 0.3 is 0 Å². The zero-order valence-corrected chi connectivity index (χ0v) is 35.9. The molecule has 0 spiro atoms. The van der Waals surface area contributed by atoms with Crippen LogP contribution in [0.15, 0.2) is 90.1 Å². The van der Waals surface area contributed by atoms with Gasteiger partial charge in [-0.05, 0) is 85.7 Å². The van der Waals surface area contributed by atoms with Gasteiger partial charge in [-0.2, -0.15) is 0 Å². The summed E-state index contributed by atoms with van der Waals surface area (Å²) in [5.74, 6) is 1.51. The number of benzene rings is 3. The van der Waals surface area contributed by atoms with E-state index in [0.717, 1.165) is 137 Å². The number of primary amides is 1. The zero-order chi connectivity index (χ0) is 42.7. The first-order valence-electron chi connectivity index (χ1n) is 21.3. The second kappa shape index (κ2) is 21.1. The molecule has 14 nitrogen and oxygen atoms in total. The number of aromatic amines is 1. The Morgan fingerprint density at radius 1 is 1.00 bits per heavy atom. The SMILES string of the molecule is CO.NC(=O)c1ccc(N2CCN(CC3Cc4ccccc4CN3C(=O)C3CCNC3)CC2)cc1Oc1cnc2[nH]ccc2c1.[NH3+]c1cc(S)ccc1NCC1CCOCC1. The smallest absolute Gasteiger partial charge is 0.252 e. The Labute approximate surface area is 363 Å². The summed E-state index contributed by atoms with van der Waals surface area (Å²) in [5.41, 5.74) is 16.5. The van der Waals surface area contributed by atoms with Crippen LogP contribution in [-0.4, -0.2) is 115 Å². The molecule has 3 saturated heterocycles. The van der Waals surface area contributed by atoms with Crippen molar-refractivity contribution >= 4 is 52.5 Å². The van der Waals surface area contributed by atoms with Crippen molar-refractivity contribution in [2.45, 2.75) is 43.2 Å². The number of rotatable bonds is 10. The maximum absolute atomic E-state index is 13.6. The van der Waals surface area contributed by atoms with E-state index in [4.69, 9.17) is 20.3 Å². The number of hydrogen-bond acceptors (Lipinski definition) is 11. The number of thiol groups is 1. The van der Waals surface area contributed by atoms with E-state index in [1.165, 1.54) is 11.1 Å². The highest BCUT2D eigenvalue weighted by Gasteiger charge is 2.36. The van der Waals surface area contributed by atoms with Gasteiger partial charge in [-0.25, -0.2) is 4.98 Å². The van der Waals surface area contributed by atoms with E-state index in [9.17, 15) is 9.59 Å². The Kier molecular flexibility index (Phi) is 15.2. The molecule has 5 aromatic rings. The number of anilines is 2. The second-order valence-electron chi connectivity index (χ2n) is 16.1. The van der Waals surface area contributed by atoms with Crippen molar-refractivity contribution in [2.75, 3.05) is 82.9 Å². The molecule has 9 N–H and O–H groups in total. The molecule has 0 radical (unpaired) electrons. The molecular formula is C46H60N9O5S+. The molecular weight excluding hydrogens is 791 g/mol. The van der Waals surface area contributed by atoms with E-state index in [1.54, 1.807) is 12.3 Å². The second-order valence-corrected chi connectivity index (χ2v) is 16.6. The van der Waals surface area contributed by atoms with E-state index in [2.05, 4.69) is 77.9 Å². The van der Waals surface area contributed by atoms with Crippen molar-refractivity contribution < 1.29 is 29.9 Å². The maximum Gasteiger partial charge on any atom is 0.252 e. The lowest BCUT2D eigenvalue weighted by molar-refractivity contribution is -0.253. The quantitative estimate of drug-likeness (QED) is 0.0991. The first-order valence-corrected chi connectivity index (χ1v) is 21.7. The summed E-state index contributed by atoms with van der Waals surface area (Å²) in [4.78, 5) is 41.2. The van der Waals surface area contributed by atoms with Crippen molar-refractivity contribution in [1.29, 1.82) is 0 Å². The molecule has 15 heteroatoms. The average molecular weight is 851 g/mol. The number of aliphatic hydroxyl groups is 1. The molecule has 61 heavy (non-hydrogen) atoms. The summed E-state index contributed by atoms with van der Waals surface area (Å²) in [6.45, 7) is 9.48. The van der Waals surface area contributed by atoms with Crippen molar-refractivity contribution in [3.63, 3.8) is 0 Å². The number of hydrogen-bond donors (Lipinski definition) is 7. The number of aliphatic hydroxyl groups excluding tert-OH is 1. The Bertz CT molecular complexity index is 2230. The predicted octanol–water partition coefficient (Wildman–Crippen LogP) is 4.43. The van der Waals surface area contributed by atoms with Gasteiger partial charge in [0, 0.05) is 113 Å². The van der Waals surface area contributed by atoms with Crippen LogP contribution < -0.4 is 31.7 Å². The fraction of sp³-hybridized carbons (Fsp3) is 0.413. The van der Waals surface area contributed by atoms with E-state index in [0.29, 0.717) is 23.6 Å². The summed E-state index contributed by atoms with van der Waals surface area (Å²) in [6.07, 6.45) is 7.58. The van der Waals surface area contributed by atoms with Crippen LogP contribution in [0.5, 0.6) is 11.5 Å². The number of piperazine rings is 1. The number of amides is 2. The van der Waals surface area contributed by atoms with E-state index >= 15 is 0 Å². The van der Waals surface area contributed by atoms with Gasteiger partial charge in [0.1, 0.15) is 17.1 Å². The summed E-state index contributed by atoms with van der Waals surface area (Å²) in [7, 11) is 1.00. The fourth-order valence-electron chi connectivity index (χ4n) is 8.65. The highest BCUT2D eigenvalue weighted by atomic mass is 32.1. The molecule has 0 aliphatic carbocycles. The lowest BCUT2D eigenvalue weighted by Gasteiger charge is -2.43. The third-order valence-corrected chi connectivity index (χ3v) is 12.4. The minimum atomic E-state index is -0.538. The number of ether oxygens (including phenoxy) is 2. The molecule has 6 heterocycles. The van der Waals surface area contributed by atoms with Crippen LogP contribution >= 0.6 is 12.6 Å². The number of quaternary nitrogens is 1. The highest BCUT2D eigenvalue weighted by molar-refractivity contribution is 7.80. The predicted molar refractivity (Wildman–Crippen MR) is 242 cm³/mol. The van der Waals surface area contributed by atoms with E-state index in [-0.39, 0.29) is 17.9 Å². The van der Waals surface area contributed by atoms with Crippen LogP contribution in [0, 0.1) is 11.8 Å². The lowest BCUT2D eigenvalue weighted by atomic mass is 9.92. The normalized spacial score (nSPS) is 19.3. The van der Waals surface area contributed by atoms with E-state index < -0.39 is 5.91 Å². The van der Waals surface area contributed by atoms with Crippen LogP contribution in [0.4, 0.5) is 17.1 Å². The number of nitrogens with two attached hydrogens (primary N) is 1. The molecule has 2 amide bonds. The standard InChI is InChI=1S/C33H37N7O3.C12H18N2OS.CH4O/c34-31(41)29-6-5-26(17-30(29)43-28-16-23-8-10-36-32(23)37-19-28)39-13-11-38(12-14-39)21-27-15-22-3-1-2-4-25(22)20-40(27)33(42)24-7-9-35-18-24;13-11-7-10(16)1-2-12(11)14-8-9-3-5-15-6-4-9;1-2/h1-6,8,10,16-17,19,24,27,35H,7,9,11-15,18,20-21H2,(H2,34,41)(H,36,37);1-2,7,9,14,16H,3-6,8,13H2;2H,1H3/p+1. The topological polar surface area (TPSA) is 189 Å². The minimum Gasteiger partial charge on any atom is -0.455 e. The van der Waals surface area contributed by atoms with Gasteiger partial charge < -0.3 is 51.5 Å².